The lowest BCUT2D eigenvalue weighted by Gasteiger charge is -2.40. The van der Waals surface area contributed by atoms with Gasteiger partial charge in [-0.3, -0.25) is 0 Å². The van der Waals surface area contributed by atoms with Gasteiger partial charge in [-0.2, -0.15) is 0 Å². The molecule has 1 aromatic heterocycles. The molecule has 2 atom stereocenters. The molecule has 0 amide bonds. The number of fused-ring (bicyclic) bond motifs is 1. The van der Waals surface area contributed by atoms with Crippen LogP contribution in [0.1, 0.15) is 53.0 Å². The lowest BCUT2D eigenvalue weighted by molar-refractivity contribution is -0.274. The van der Waals surface area contributed by atoms with Crippen molar-refractivity contribution in [3.8, 4) is 11.5 Å². The molecule has 1 heterocycles. The van der Waals surface area contributed by atoms with Gasteiger partial charge in [-0.05, 0) is 73.9 Å². The molecule has 1 aliphatic rings. The summed E-state index contributed by atoms with van der Waals surface area (Å²) in [4.78, 5) is 4.84. The van der Waals surface area contributed by atoms with Crippen molar-refractivity contribution >= 4 is 22.7 Å². The first-order chi connectivity index (χ1) is 15.5. The van der Waals surface area contributed by atoms with E-state index in [-0.39, 0.29) is 17.2 Å². The van der Waals surface area contributed by atoms with E-state index in [2.05, 4.69) is 35.4 Å². The number of imidazole rings is 1. The second-order valence-electron chi connectivity index (χ2n) is 9.65. The Labute approximate surface area is 191 Å². The number of halogens is 3. The topological polar surface area (TPSA) is 48.3 Å². The lowest BCUT2D eigenvalue weighted by Crippen LogP contribution is -2.29. The van der Waals surface area contributed by atoms with Gasteiger partial charge < -0.3 is 19.4 Å². The third kappa shape index (κ3) is 5.54. The Kier molecular flexibility index (Phi) is 6.20. The molecular weight excluding hydrogens is 431 g/mol. The van der Waals surface area contributed by atoms with Crippen molar-refractivity contribution in [1.29, 1.82) is 0 Å². The van der Waals surface area contributed by atoms with Crippen LogP contribution in [-0.2, 0) is 0 Å². The molecule has 3 aromatic rings. The van der Waals surface area contributed by atoms with E-state index in [1.807, 2.05) is 25.1 Å². The van der Waals surface area contributed by atoms with Gasteiger partial charge in [0, 0.05) is 17.8 Å². The van der Waals surface area contributed by atoms with Crippen molar-refractivity contribution in [2.75, 3.05) is 11.9 Å². The van der Waals surface area contributed by atoms with Gasteiger partial charge in [-0.1, -0.05) is 20.8 Å². The number of ether oxygens (including phenoxy) is 2. The number of hydrogen-bond acceptors (Lipinski definition) is 4. The number of nitrogens with zero attached hydrogens (tertiary/aromatic N) is 2. The fourth-order valence-electron chi connectivity index (χ4n) is 5.15. The minimum atomic E-state index is -4.72. The largest absolute Gasteiger partial charge is 0.573 e. The first kappa shape index (κ1) is 23.3. The number of rotatable bonds is 6. The minimum absolute atomic E-state index is 0.206. The summed E-state index contributed by atoms with van der Waals surface area (Å²) in [5, 5.41) is 3.32. The normalized spacial score (nSPS) is 20.6. The molecule has 0 saturated heterocycles. The molecular formula is C25H30F3N3O2. The molecule has 0 aliphatic heterocycles. The molecule has 2 aromatic carbocycles. The standard InChI is InChI=1S/C25H30F3N3O2/c1-5-32-20-10-11-22-21(13-20)30-23(31(22)18-12-16(2)14-24(3,4)15-18)29-17-6-8-19(9-7-17)33-25(26,27)28/h6-11,13,16,18H,5,12,14-15H2,1-4H3,(H,29,30)/t16-,18+/m0/s1. The minimum Gasteiger partial charge on any atom is -0.494 e. The van der Waals surface area contributed by atoms with Crippen LogP contribution in [0.2, 0.25) is 0 Å². The van der Waals surface area contributed by atoms with E-state index in [1.165, 1.54) is 18.6 Å². The third-order valence-corrected chi connectivity index (χ3v) is 6.04. The molecule has 33 heavy (non-hydrogen) atoms. The quantitative estimate of drug-likeness (QED) is 0.414. The Bertz CT molecular complexity index is 1110. The molecule has 4 rings (SSSR count). The van der Waals surface area contributed by atoms with Crippen LogP contribution in [0.3, 0.4) is 0 Å². The van der Waals surface area contributed by atoms with E-state index in [4.69, 9.17) is 9.72 Å². The van der Waals surface area contributed by atoms with Gasteiger partial charge in [0.2, 0.25) is 5.95 Å². The highest BCUT2D eigenvalue weighted by atomic mass is 19.4. The number of aromatic nitrogens is 2. The lowest BCUT2D eigenvalue weighted by atomic mass is 9.70. The maximum absolute atomic E-state index is 12.5. The van der Waals surface area contributed by atoms with E-state index in [1.54, 1.807) is 12.1 Å². The molecule has 1 saturated carbocycles. The molecule has 178 valence electrons. The molecule has 0 unspecified atom stereocenters. The van der Waals surface area contributed by atoms with Crippen molar-refractivity contribution in [2.45, 2.75) is 59.4 Å². The average molecular weight is 462 g/mol. The zero-order chi connectivity index (χ0) is 23.8. The molecule has 1 aliphatic carbocycles. The van der Waals surface area contributed by atoms with Crippen molar-refractivity contribution < 1.29 is 22.6 Å². The predicted octanol–water partition coefficient (Wildman–Crippen LogP) is 7.46. The highest BCUT2D eigenvalue weighted by molar-refractivity contribution is 5.81. The summed E-state index contributed by atoms with van der Waals surface area (Å²) in [7, 11) is 0. The van der Waals surface area contributed by atoms with Crippen molar-refractivity contribution in [2.24, 2.45) is 11.3 Å². The maximum atomic E-state index is 12.5. The van der Waals surface area contributed by atoms with Gasteiger partial charge in [0.1, 0.15) is 11.5 Å². The van der Waals surface area contributed by atoms with Crippen LogP contribution in [0.15, 0.2) is 42.5 Å². The first-order valence-electron chi connectivity index (χ1n) is 11.3. The number of anilines is 2. The Morgan fingerprint density at radius 1 is 1.09 bits per heavy atom. The number of hydrogen-bond donors (Lipinski definition) is 1. The van der Waals surface area contributed by atoms with E-state index >= 15 is 0 Å². The second-order valence-corrected chi connectivity index (χ2v) is 9.65. The zero-order valence-electron chi connectivity index (χ0n) is 19.4. The summed E-state index contributed by atoms with van der Waals surface area (Å²) in [6.07, 6.45) is -1.49. The van der Waals surface area contributed by atoms with Crippen LogP contribution >= 0.6 is 0 Å². The van der Waals surface area contributed by atoms with Gasteiger partial charge in [0.05, 0.1) is 17.6 Å². The van der Waals surface area contributed by atoms with Gasteiger partial charge in [0.25, 0.3) is 0 Å². The smallest absolute Gasteiger partial charge is 0.494 e. The Balaban J connectivity index is 1.71. The predicted molar refractivity (Wildman–Crippen MR) is 123 cm³/mol. The van der Waals surface area contributed by atoms with E-state index < -0.39 is 6.36 Å². The van der Waals surface area contributed by atoms with Crippen LogP contribution in [-0.4, -0.2) is 22.5 Å². The highest BCUT2D eigenvalue weighted by Gasteiger charge is 2.35. The molecule has 5 nitrogen and oxygen atoms in total. The van der Waals surface area contributed by atoms with Crippen molar-refractivity contribution in [3.05, 3.63) is 42.5 Å². The van der Waals surface area contributed by atoms with Gasteiger partial charge in [-0.15, -0.1) is 13.2 Å². The summed E-state index contributed by atoms with van der Waals surface area (Å²) in [5.74, 6) is 1.74. The van der Waals surface area contributed by atoms with E-state index in [0.29, 0.717) is 24.2 Å². The maximum Gasteiger partial charge on any atom is 0.573 e. The molecule has 1 N–H and O–H groups in total. The summed E-state index contributed by atoms with van der Waals surface area (Å²) in [6, 6.07) is 11.9. The Hall–Kier alpha value is -2.90. The number of benzene rings is 2. The van der Waals surface area contributed by atoms with Gasteiger partial charge >= 0.3 is 6.36 Å². The van der Waals surface area contributed by atoms with Gasteiger partial charge in [-0.25, -0.2) is 4.98 Å². The zero-order valence-corrected chi connectivity index (χ0v) is 19.4. The molecule has 8 heteroatoms. The molecule has 0 bridgehead atoms. The first-order valence-corrected chi connectivity index (χ1v) is 11.3. The van der Waals surface area contributed by atoms with Crippen LogP contribution in [0, 0.1) is 11.3 Å². The SMILES string of the molecule is CCOc1ccc2c(c1)nc(Nc1ccc(OC(F)(F)F)cc1)n2[C@@H]1C[C@H](C)CC(C)(C)C1. The fraction of sp³-hybridized carbons (Fsp3) is 0.480. The molecule has 0 spiro atoms. The van der Waals surface area contributed by atoms with E-state index in [9.17, 15) is 13.2 Å². The summed E-state index contributed by atoms with van der Waals surface area (Å²) in [6.45, 7) is 9.39. The molecule has 0 radical (unpaired) electrons. The van der Waals surface area contributed by atoms with E-state index in [0.717, 1.165) is 29.6 Å². The van der Waals surface area contributed by atoms with Crippen LogP contribution < -0.4 is 14.8 Å². The number of alkyl halides is 3. The van der Waals surface area contributed by atoms with Crippen LogP contribution in [0.5, 0.6) is 11.5 Å². The summed E-state index contributed by atoms with van der Waals surface area (Å²) in [5.41, 5.74) is 2.66. The third-order valence-electron chi connectivity index (χ3n) is 6.04. The highest BCUT2D eigenvalue weighted by Crippen LogP contribution is 2.46. The summed E-state index contributed by atoms with van der Waals surface area (Å²) < 4.78 is 49.3. The van der Waals surface area contributed by atoms with Crippen LogP contribution in [0.25, 0.3) is 11.0 Å². The Morgan fingerprint density at radius 2 is 1.79 bits per heavy atom. The average Bonchev–Trinajstić information content (AvgIpc) is 3.04. The summed E-state index contributed by atoms with van der Waals surface area (Å²) >= 11 is 0. The fourth-order valence-corrected chi connectivity index (χ4v) is 5.15. The monoisotopic (exact) mass is 461 g/mol. The Morgan fingerprint density at radius 3 is 2.42 bits per heavy atom. The number of nitrogens with one attached hydrogen (secondary N) is 1. The van der Waals surface area contributed by atoms with Crippen molar-refractivity contribution in [3.63, 3.8) is 0 Å². The van der Waals surface area contributed by atoms with Crippen molar-refractivity contribution in [1.82, 2.24) is 9.55 Å². The van der Waals surface area contributed by atoms with Crippen LogP contribution in [0.4, 0.5) is 24.8 Å². The van der Waals surface area contributed by atoms with Gasteiger partial charge in [0.15, 0.2) is 0 Å². The molecule has 1 fully saturated rings. The second kappa shape index (κ2) is 8.80.